The maximum Gasteiger partial charge on any atom is 0.405 e. The number of aromatic nitrogens is 2. The van der Waals surface area contributed by atoms with E-state index in [0.717, 1.165) is 38.4 Å². The number of carbonyl (C=O) groups is 2. The van der Waals surface area contributed by atoms with Crippen LogP contribution in [0.15, 0.2) is 6.20 Å². The molecule has 1 aliphatic carbocycles. The number of carbonyl (C=O) groups excluding carboxylic acids is 1. The molecule has 1 aromatic heterocycles. The Hall–Kier alpha value is -2.33. The fourth-order valence-electron chi connectivity index (χ4n) is 2.65. The van der Waals surface area contributed by atoms with Crippen LogP contribution in [-0.4, -0.2) is 39.0 Å². The Morgan fingerprint density at radius 3 is 2.79 bits per heavy atom. The van der Waals surface area contributed by atoms with E-state index in [0.29, 0.717) is 11.4 Å². The number of halogens is 1. The predicted octanol–water partition coefficient (Wildman–Crippen LogP) is 2.45. The number of carboxylic acid groups (broad SMARTS) is 1. The Bertz CT molecular complexity index is 678. The van der Waals surface area contributed by atoms with Crippen molar-refractivity contribution in [3.8, 4) is 11.8 Å². The van der Waals surface area contributed by atoms with Gasteiger partial charge in [-0.15, -0.1) is 0 Å². The minimum absolute atomic E-state index is 0.0524. The smallest absolute Gasteiger partial charge is 0.405 e. The number of nitrogens with zero attached hydrogens (tertiary/aromatic N) is 2. The molecule has 1 heterocycles. The standard InChI is InChI=1S/C16H19ClN4O3/c1-11(19-15(23)24)5-6-12-9-18-14(17)20-13(12)21-16(10-22)7-3-2-4-8-16/h9-11,19H,2-4,7-8H2,1H3,(H,23,24)(H,18,20,21). The van der Waals surface area contributed by atoms with E-state index in [1.165, 1.54) is 6.20 Å². The fraction of sp³-hybridized carbons (Fsp3) is 0.500. The molecule has 3 N–H and O–H groups in total. The first kappa shape index (κ1) is 18.0. The molecule has 1 aromatic rings. The van der Waals surface area contributed by atoms with Crippen molar-refractivity contribution < 1.29 is 14.7 Å². The molecule has 24 heavy (non-hydrogen) atoms. The molecule has 7 nitrogen and oxygen atoms in total. The highest BCUT2D eigenvalue weighted by atomic mass is 35.5. The number of amides is 1. The molecule has 1 aliphatic rings. The Labute approximate surface area is 145 Å². The van der Waals surface area contributed by atoms with Gasteiger partial charge in [0, 0.05) is 6.20 Å². The van der Waals surface area contributed by atoms with Gasteiger partial charge >= 0.3 is 6.09 Å². The molecule has 1 fully saturated rings. The third kappa shape index (κ3) is 4.83. The van der Waals surface area contributed by atoms with Crippen molar-refractivity contribution in [3.63, 3.8) is 0 Å². The van der Waals surface area contributed by atoms with Gasteiger partial charge in [0.05, 0.1) is 17.1 Å². The average Bonchev–Trinajstić information content (AvgIpc) is 2.54. The molecule has 0 saturated heterocycles. The molecule has 128 valence electrons. The van der Waals surface area contributed by atoms with Crippen LogP contribution in [0.1, 0.15) is 44.6 Å². The van der Waals surface area contributed by atoms with E-state index < -0.39 is 17.7 Å². The molecule has 1 amide bonds. The summed E-state index contributed by atoms with van der Waals surface area (Å²) in [5.41, 5.74) is -0.206. The van der Waals surface area contributed by atoms with Crippen molar-refractivity contribution in [1.82, 2.24) is 15.3 Å². The van der Waals surface area contributed by atoms with Gasteiger partial charge in [-0.25, -0.2) is 9.78 Å². The molecular formula is C16H19ClN4O3. The number of hydrogen-bond donors (Lipinski definition) is 3. The lowest BCUT2D eigenvalue weighted by Crippen LogP contribution is -2.42. The summed E-state index contributed by atoms with van der Waals surface area (Å²) >= 11 is 5.87. The number of hydrogen-bond acceptors (Lipinski definition) is 5. The summed E-state index contributed by atoms with van der Waals surface area (Å²) in [6, 6.07) is -0.555. The van der Waals surface area contributed by atoms with Crippen LogP contribution < -0.4 is 10.6 Å². The Kier molecular flexibility index (Phi) is 5.99. The minimum atomic E-state index is -1.15. The maximum absolute atomic E-state index is 11.6. The first-order chi connectivity index (χ1) is 11.4. The van der Waals surface area contributed by atoms with Crippen LogP contribution in [-0.2, 0) is 4.79 Å². The van der Waals surface area contributed by atoms with Gasteiger partial charge in [0.2, 0.25) is 5.28 Å². The highest BCUT2D eigenvalue weighted by Crippen LogP contribution is 2.30. The molecule has 0 aliphatic heterocycles. The summed E-state index contributed by atoms with van der Waals surface area (Å²) in [6.07, 6.45) is 5.71. The van der Waals surface area contributed by atoms with Gasteiger partial charge in [-0.3, -0.25) is 0 Å². The van der Waals surface area contributed by atoms with Crippen LogP contribution >= 0.6 is 11.6 Å². The van der Waals surface area contributed by atoms with Crippen LogP contribution in [0.4, 0.5) is 10.6 Å². The lowest BCUT2D eigenvalue weighted by atomic mass is 9.83. The monoisotopic (exact) mass is 350 g/mol. The Morgan fingerprint density at radius 1 is 1.46 bits per heavy atom. The second-order valence-electron chi connectivity index (χ2n) is 5.80. The predicted molar refractivity (Wildman–Crippen MR) is 90.0 cm³/mol. The van der Waals surface area contributed by atoms with E-state index in [4.69, 9.17) is 16.7 Å². The molecule has 0 aromatic carbocycles. The topological polar surface area (TPSA) is 104 Å². The minimum Gasteiger partial charge on any atom is -0.465 e. The van der Waals surface area contributed by atoms with Crippen molar-refractivity contribution >= 4 is 29.8 Å². The van der Waals surface area contributed by atoms with Gasteiger partial charge < -0.3 is 20.5 Å². The van der Waals surface area contributed by atoms with Gasteiger partial charge in [0.1, 0.15) is 12.1 Å². The van der Waals surface area contributed by atoms with E-state index in [-0.39, 0.29) is 5.28 Å². The highest BCUT2D eigenvalue weighted by molar-refractivity contribution is 6.28. The number of rotatable bonds is 4. The largest absolute Gasteiger partial charge is 0.465 e. The number of anilines is 1. The van der Waals surface area contributed by atoms with Crippen molar-refractivity contribution in [3.05, 3.63) is 17.0 Å². The first-order valence-corrected chi connectivity index (χ1v) is 8.10. The second kappa shape index (κ2) is 7.97. The SMILES string of the molecule is CC(C#Cc1cnc(Cl)nc1NC1(C=O)CCCCC1)NC(=O)O. The third-order valence-corrected chi connectivity index (χ3v) is 4.04. The van der Waals surface area contributed by atoms with Gasteiger partial charge in [0.15, 0.2) is 0 Å². The van der Waals surface area contributed by atoms with Crippen LogP contribution in [0.5, 0.6) is 0 Å². The van der Waals surface area contributed by atoms with Crippen LogP contribution in [0, 0.1) is 11.8 Å². The van der Waals surface area contributed by atoms with Crippen LogP contribution in [0.2, 0.25) is 5.28 Å². The van der Waals surface area contributed by atoms with Crippen molar-refractivity contribution in [2.75, 3.05) is 5.32 Å². The van der Waals surface area contributed by atoms with Gasteiger partial charge in [-0.1, -0.05) is 31.1 Å². The summed E-state index contributed by atoms with van der Waals surface area (Å²) in [6.45, 7) is 1.62. The molecule has 1 atom stereocenters. The van der Waals surface area contributed by atoms with Crippen LogP contribution in [0.25, 0.3) is 0 Å². The van der Waals surface area contributed by atoms with Crippen molar-refractivity contribution in [2.45, 2.75) is 50.6 Å². The van der Waals surface area contributed by atoms with Gasteiger partial charge in [-0.05, 0) is 31.4 Å². The third-order valence-electron chi connectivity index (χ3n) is 3.86. The zero-order valence-electron chi connectivity index (χ0n) is 13.3. The molecule has 0 bridgehead atoms. The molecule has 8 heteroatoms. The average molecular weight is 351 g/mol. The number of aldehydes is 1. The molecule has 2 rings (SSSR count). The van der Waals surface area contributed by atoms with E-state index in [1.807, 2.05) is 0 Å². The summed E-state index contributed by atoms with van der Waals surface area (Å²) in [4.78, 5) is 30.3. The van der Waals surface area contributed by atoms with Crippen molar-refractivity contribution in [1.29, 1.82) is 0 Å². The molecule has 0 radical (unpaired) electrons. The Balaban J connectivity index is 2.26. The highest BCUT2D eigenvalue weighted by Gasteiger charge is 2.32. The lowest BCUT2D eigenvalue weighted by Gasteiger charge is -2.33. The zero-order valence-corrected chi connectivity index (χ0v) is 14.1. The Morgan fingerprint density at radius 2 is 2.17 bits per heavy atom. The maximum atomic E-state index is 11.6. The summed E-state index contributed by atoms with van der Waals surface area (Å²) < 4.78 is 0. The normalized spacial score (nSPS) is 17.1. The second-order valence-corrected chi connectivity index (χ2v) is 6.14. The molecule has 1 unspecified atom stereocenters. The van der Waals surface area contributed by atoms with Crippen LogP contribution in [0.3, 0.4) is 0 Å². The van der Waals surface area contributed by atoms with Gasteiger partial charge in [0.25, 0.3) is 0 Å². The molecule has 0 spiro atoms. The fourth-order valence-corrected chi connectivity index (χ4v) is 2.78. The molecular weight excluding hydrogens is 332 g/mol. The quantitative estimate of drug-likeness (QED) is 0.437. The first-order valence-electron chi connectivity index (χ1n) is 7.72. The van der Waals surface area contributed by atoms with Crippen molar-refractivity contribution in [2.24, 2.45) is 0 Å². The molecule has 1 saturated carbocycles. The summed E-state index contributed by atoms with van der Waals surface area (Å²) in [5, 5.41) is 14.2. The van der Waals surface area contributed by atoms with E-state index >= 15 is 0 Å². The number of nitrogens with one attached hydrogen (secondary N) is 2. The summed E-state index contributed by atoms with van der Waals surface area (Å²) in [7, 11) is 0. The van der Waals surface area contributed by atoms with E-state index in [9.17, 15) is 9.59 Å². The lowest BCUT2D eigenvalue weighted by molar-refractivity contribution is -0.112. The van der Waals surface area contributed by atoms with E-state index in [2.05, 4.69) is 32.4 Å². The van der Waals surface area contributed by atoms with E-state index in [1.54, 1.807) is 6.92 Å². The zero-order chi connectivity index (χ0) is 17.6. The summed E-state index contributed by atoms with van der Waals surface area (Å²) in [5.74, 6) is 5.99. The van der Waals surface area contributed by atoms with Gasteiger partial charge in [-0.2, -0.15) is 4.98 Å².